The molecule has 7 heteroatoms. The summed E-state index contributed by atoms with van der Waals surface area (Å²) in [4.78, 5) is 12.1. The Hall–Kier alpha value is -1.86. The number of hydrogen-bond donors (Lipinski definition) is 2. The molecule has 0 aliphatic rings. The Balaban J connectivity index is 2.19. The molecule has 0 saturated carbocycles. The van der Waals surface area contributed by atoms with E-state index in [4.69, 9.17) is 15.0 Å². The summed E-state index contributed by atoms with van der Waals surface area (Å²) in [6.45, 7) is 2.18. The van der Waals surface area contributed by atoms with Crippen LogP contribution in [0, 0.1) is 6.92 Å². The molecule has 6 nitrogen and oxygen atoms in total. The van der Waals surface area contributed by atoms with Crippen LogP contribution in [0.25, 0.3) is 0 Å². The molecular formula is C13H14BrN3O3. The number of nitrogens with one attached hydrogen (secondary N) is 1. The number of nitrogens with two attached hydrogens (primary N) is 1. The second kappa shape index (κ2) is 6.06. The molecule has 3 N–H and O–H groups in total. The van der Waals surface area contributed by atoms with Crippen molar-refractivity contribution in [3.8, 4) is 0 Å². The van der Waals surface area contributed by atoms with Crippen molar-refractivity contribution in [3.63, 3.8) is 0 Å². The minimum atomic E-state index is -0.396. The molecule has 0 unspecified atom stereocenters. The molecule has 1 aromatic carbocycles. The average molecular weight is 340 g/mol. The van der Waals surface area contributed by atoms with Crippen LogP contribution in [0.1, 0.15) is 21.8 Å². The highest BCUT2D eigenvalue weighted by Crippen LogP contribution is 2.30. The lowest BCUT2D eigenvalue weighted by Gasteiger charge is -2.10. The summed E-state index contributed by atoms with van der Waals surface area (Å²) >= 11 is 3.37. The Kier molecular flexibility index (Phi) is 4.41. The molecular weight excluding hydrogens is 326 g/mol. The number of hydrogen-bond acceptors (Lipinski definition) is 5. The van der Waals surface area contributed by atoms with Crippen molar-refractivity contribution in [1.29, 1.82) is 0 Å². The Bertz CT molecular complexity index is 617. The van der Waals surface area contributed by atoms with E-state index in [9.17, 15) is 4.79 Å². The number of anilines is 2. The second-order valence-corrected chi connectivity index (χ2v) is 5.13. The Morgan fingerprint density at radius 3 is 2.90 bits per heavy atom. The van der Waals surface area contributed by atoms with Gasteiger partial charge < -0.3 is 20.3 Å². The van der Waals surface area contributed by atoms with Crippen LogP contribution in [0.5, 0.6) is 0 Å². The fraction of sp³-hybridized carbons (Fsp3) is 0.231. The second-order valence-electron chi connectivity index (χ2n) is 4.28. The quantitative estimate of drug-likeness (QED) is 0.835. The van der Waals surface area contributed by atoms with Crippen molar-refractivity contribution in [2.75, 3.05) is 18.2 Å². The summed E-state index contributed by atoms with van der Waals surface area (Å²) in [7, 11) is 1.53. The first-order valence-corrected chi connectivity index (χ1v) is 6.62. The van der Waals surface area contributed by atoms with Crippen LogP contribution in [0.2, 0.25) is 0 Å². The van der Waals surface area contributed by atoms with E-state index in [2.05, 4.69) is 26.4 Å². The minimum Gasteiger partial charge on any atom is -0.397 e. The maximum Gasteiger partial charge on any atom is 0.277 e. The van der Waals surface area contributed by atoms with Gasteiger partial charge in [0, 0.05) is 17.6 Å². The number of aromatic nitrogens is 1. The number of nitrogens with zero attached hydrogens (tertiary/aromatic N) is 1. The van der Waals surface area contributed by atoms with E-state index < -0.39 is 5.91 Å². The maximum atomic E-state index is 12.1. The van der Waals surface area contributed by atoms with Crippen molar-refractivity contribution >= 4 is 33.2 Å². The third-order valence-electron chi connectivity index (χ3n) is 2.58. The fourth-order valence-electron chi connectivity index (χ4n) is 1.71. The van der Waals surface area contributed by atoms with Gasteiger partial charge in [0.1, 0.15) is 6.61 Å². The topological polar surface area (TPSA) is 90.4 Å². The Labute approximate surface area is 124 Å². The molecule has 0 bridgehead atoms. The van der Waals surface area contributed by atoms with Gasteiger partial charge in [-0.05, 0) is 40.5 Å². The zero-order valence-corrected chi connectivity index (χ0v) is 12.7. The normalized spacial score (nSPS) is 10.6. The molecule has 0 saturated heterocycles. The standard InChI is InChI=1S/C13H14BrN3O3/c1-7-3-9(14)12(10(15)4-7)16-13(18)11-5-8(6-19-2)20-17-11/h3-5H,6,15H2,1-2H3,(H,16,18). The van der Waals surface area contributed by atoms with Gasteiger partial charge in [-0.3, -0.25) is 4.79 Å². The van der Waals surface area contributed by atoms with E-state index in [0.717, 1.165) is 5.56 Å². The minimum absolute atomic E-state index is 0.170. The van der Waals surface area contributed by atoms with Crippen molar-refractivity contribution in [3.05, 3.63) is 39.7 Å². The molecule has 1 amide bonds. The van der Waals surface area contributed by atoms with E-state index in [1.807, 2.05) is 13.0 Å². The van der Waals surface area contributed by atoms with Gasteiger partial charge >= 0.3 is 0 Å². The lowest BCUT2D eigenvalue weighted by atomic mass is 10.2. The Morgan fingerprint density at radius 2 is 2.25 bits per heavy atom. The molecule has 2 aromatic rings. The zero-order valence-electron chi connectivity index (χ0n) is 11.1. The third kappa shape index (κ3) is 3.17. The van der Waals surface area contributed by atoms with Crippen molar-refractivity contribution in [2.45, 2.75) is 13.5 Å². The summed E-state index contributed by atoms with van der Waals surface area (Å²) in [5.41, 5.74) is 8.05. The molecule has 2 rings (SSSR count). The number of halogens is 1. The van der Waals surface area contributed by atoms with Gasteiger partial charge in [-0.2, -0.15) is 0 Å². The summed E-state index contributed by atoms with van der Waals surface area (Å²) in [5, 5.41) is 6.39. The summed E-state index contributed by atoms with van der Waals surface area (Å²) in [6.07, 6.45) is 0. The van der Waals surface area contributed by atoms with Crippen LogP contribution in [0.4, 0.5) is 11.4 Å². The smallest absolute Gasteiger partial charge is 0.277 e. The molecule has 20 heavy (non-hydrogen) atoms. The predicted molar refractivity (Wildman–Crippen MR) is 78.5 cm³/mol. The highest BCUT2D eigenvalue weighted by atomic mass is 79.9. The van der Waals surface area contributed by atoms with Crippen LogP contribution >= 0.6 is 15.9 Å². The number of aryl methyl sites for hydroxylation is 1. The molecule has 106 valence electrons. The van der Waals surface area contributed by atoms with E-state index >= 15 is 0 Å². The maximum absolute atomic E-state index is 12.1. The average Bonchev–Trinajstić information content (AvgIpc) is 2.82. The highest BCUT2D eigenvalue weighted by molar-refractivity contribution is 9.10. The molecule has 0 atom stereocenters. The number of benzene rings is 1. The molecule has 0 fully saturated rings. The number of carbonyl (C=O) groups excluding carboxylic acids is 1. The number of carbonyl (C=O) groups is 1. The number of nitrogen functional groups attached to an aromatic ring is 1. The van der Waals surface area contributed by atoms with E-state index in [-0.39, 0.29) is 12.3 Å². The molecule has 0 spiro atoms. The number of methoxy groups -OCH3 is 1. The van der Waals surface area contributed by atoms with E-state index in [0.29, 0.717) is 21.6 Å². The number of ether oxygens (including phenoxy) is 1. The molecule has 0 radical (unpaired) electrons. The van der Waals surface area contributed by atoms with E-state index in [1.54, 1.807) is 6.07 Å². The summed E-state index contributed by atoms with van der Waals surface area (Å²) in [6, 6.07) is 5.17. The number of amides is 1. The van der Waals surface area contributed by atoms with Gasteiger partial charge in [-0.25, -0.2) is 0 Å². The van der Waals surface area contributed by atoms with Gasteiger partial charge in [-0.15, -0.1) is 0 Å². The van der Waals surface area contributed by atoms with Crippen molar-refractivity contribution < 1.29 is 14.1 Å². The van der Waals surface area contributed by atoms with Crippen LogP contribution in [0.3, 0.4) is 0 Å². The van der Waals surface area contributed by atoms with Gasteiger partial charge in [0.05, 0.1) is 11.4 Å². The molecule has 1 heterocycles. The van der Waals surface area contributed by atoms with Gasteiger partial charge in [-0.1, -0.05) is 5.16 Å². The van der Waals surface area contributed by atoms with Crippen LogP contribution in [-0.4, -0.2) is 18.2 Å². The highest BCUT2D eigenvalue weighted by Gasteiger charge is 2.15. The van der Waals surface area contributed by atoms with Gasteiger partial charge in [0.2, 0.25) is 0 Å². The van der Waals surface area contributed by atoms with Crippen molar-refractivity contribution in [2.24, 2.45) is 0 Å². The molecule has 0 aliphatic carbocycles. The van der Waals surface area contributed by atoms with Gasteiger partial charge in [0.15, 0.2) is 11.5 Å². The molecule has 1 aromatic heterocycles. The van der Waals surface area contributed by atoms with Crippen LogP contribution < -0.4 is 11.1 Å². The molecule has 0 aliphatic heterocycles. The first-order chi connectivity index (χ1) is 9.51. The Morgan fingerprint density at radius 1 is 1.50 bits per heavy atom. The summed E-state index contributed by atoms with van der Waals surface area (Å²) in [5.74, 6) is 0.0842. The first-order valence-electron chi connectivity index (χ1n) is 5.82. The lowest BCUT2D eigenvalue weighted by molar-refractivity contribution is 0.101. The SMILES string of the molecule is COCc1cc(C(=O)Nc2c(N)cc(C)cc2Br)no1. The lowest BCUT2D eigenvalue weighted by Crippen LogP contribution is -2.14. The third-order valence-corrected chi connectivity index (χ3v) is 3.21. The van der Waals surface area contributed by atoms with Crippen LogP contribution in [-0.2, 0) is 11.3 Å². The fourth-order valence-corrected chi connectivity index (χ4v) is 2.40. The number of rotatable bonds is 4. The van der Waals surface area contributed by atoms with Gasteiger partial charge in [0.25, 0.3) is 5.91 Å². The zero-order chi connectivity index (χ0) is 14.7. The monoisotopic (exact) mass is 339 g/mol. The first kappa shape index (κ1) is 14.5. The van der Waals surface area contributed by atoms with Crippen molar-refractivity contribution in [1.82, 2.24) is 5.16 Å². The van der Waals surface area contributed by atoms with E-state index in [1.165, 1.54) is 13.2 Å². The largest absolute Gasteiger partial charge is 0.397 e. The van der Waals surface area contributed by atoms with Crippen LogP contribution in [0.15, 0.2) is 27.2 Å². The summed E-state index contributed by atoms with van der Waals surface area (Å²) < 4.78 is 10.6. The predicted octanol–water partition coefficient (Wildman–Crippen LogP) is 2.73.